The van der Waals surface area contributed by atoms with E-state index in [2.05, 4.69) is 11.1 Å². The molecule has 0 unspecified atom stereocenters. The summed E-state index contributed by atoms with van der Waals surface area (Å²) in [6.07, 6.45) is 2.48. The number of anilines is 1. The van der Waals surface area contributed by atoms with Gasteiger partial charge >= 0.3 is 0 Å². The third-order valence-corrected chi connectivity index (χ3v) is 3.95. The molecule has 22 heavy (non-hydrogen) atoms. The van der Waals surface area contributed by atoms with Crippen LogP contribution in [0.1, 0.15) is 31.9 Å². The molecular weight excluding hydrogens is 278 g/mol. The molecule has 1 atom stereocenters. The molecule has 110 valence electrons. The highest BCUT2D eigenvalue weighted by Gasteiger charge is 2.23. The molecule has 6 nitrogen and oxygen atoms in total. The number of nitrogen functional groups attached to an aromatic ring is 1. The molecule has 0 radical (unpaired) electrons. The van der Waals surface area contributed by atoms with Gasteiger partial charge in [0, 0.05) is 6.20 Å². The fourth-order valence-electron chi connectivity index (χ4n) is 2.58. The van der Waals surface area contributed by atoms with Crippen molar-refractivity contribution in [2.75, 3.05) is 5.73 Å². The van der Waals surface area contributed by atoms with Gasteiger partial charge in [-0.25, -0.2) is 4.57 Å². The van der Waals surface area contributed by atoms with E-state index >= 15 is 0 Å². The van der Waals surface area contributed by atoms with Crippen LogP contribution in [0, 0.1) is 11.3 Å². The Bertz CT molecular complexity index is 984. The lowest BCUT2D eigenvalue weighted by Crippen LogP contribution is -2.43. The van der Waals surface area contributed by atoms with Gasteiger partial charge in [0.2, 0.25) is 11.5 Å². The summed E-state index contributed by atoms with van der Waals surface area (Å²) in [6, 6.07) is 8.99. The average molecular weight is 294 g/mol. The molecule has 3 rings (SSSR count). The van der Waals surface area contributed by atoms with Gasteiger partial charge in [-0.05, 0) is 31.5 Å². The van der Waals surface area contributed by atoms with Crippen molar-refractivity contribution < 1.29 is 4.57 Å². The van der Waals surface area contributed by atoms with Crippen LogP contribution in [-0.4, -0.2) is 9.38 Å². The fourth-order valence-corrected chi connectivity index (χ4v) is 2.58. The van der Waals surface area contributed by atoms with Crippen LogP contribution < -0.4 is 15.9 Å². The molecule has 6 heteroatoms. The van der Waals surface area contributed by atoms with Crippen LogP contribution in [0.5, 0.6) is 0 Å². The van der Waals surface area contributed by atoms with Crippen molar-refractivity contribution in [2.45, 2.75) is 26.3 Å². The van der Waals surface area contributed by atoms with E-state index in [-0.39, 0.29) is 11.6 Å². The van der Waals surface area contributed by atoms with Gasteiger partial charge in [-0.2, -0.15) is 5.26 Å². The van der Waals surface area contributed by atoms with Gasteiger partial charge in [0.05, 0.1) is 6.04 Å². The van der Waals surface area contributed by atoms with Gasteiger partial charge in [-0.1, -0.05) is 18.0 Å². The Balaban J connectivity index is 2.58. The number of aromatic nitrogens is 3. The summed E-state index contributed by atoms with van der Waals surface area (Å²) >= 11 is 0. The van der Waals surface area contributed by atoms with Crippen molar-refractivity contribution in [1.29, 1.82) is 5.26 Å². The molecule has 3 heterocycles. The number of rotatable bonds is 2. The van der Waals surface area contributed by atoms with Crippen LogP contribution >= 0.6 is 0 Å². The highest BCUT2D eigenvalue weighted by Crippen LogP contribution is 2.17. The second-order valence-electron chi connectivity index (χ2n) is 5.27. The van der Waals surface area contributed by atoms with Crippen molar-refractivity contribution >= 4 is 22.5 Å². The lowest BCUT2D eigenvalue weighted by Gasteiger charge is -2.14. The average Bonchev–Trinajstić information content (AvgIpc) is 2.54. The van der Waals surface area contributed by atoms with Gasteiger partial charge in [0.15, 0.2) is 0 Å². The Hall–Kier alpha value is -2.94. The normalized spacial score (nSPS) is 12.4. The quantitative estimate of drug-likeness (QED) is 0.574. The summed E-state index contributed by atoms with van der Waals surface area (Å²) in [7, 11) is 0. The summed E-state index contributed by atoms with van der Waals surface area (Å²) < 4.78 is 3.25. The van der Waals surface area contributed by atoms with Crippen molar-refractivity contribution in [3.8, 4) is 6.07 Å². The molecule has 0 aliphatic heterocycles. The predicted octanol–water partition coefficient (Wildman–Crippen LogP) is 1.56. The minimum absolute atomic E-state index is 0.0360. The highest BCUT2D eigenvalue weighted by atomic mass is 16.1. The molecule has 0 saturated heterocycles. The lowest BCUT2D eigenvalue weighted by molar-refractivity contribution is -0.683. The minimum atomic E-state index is -0.200. The molecule has 2 N–H and O–H groups in total. The van der Waals surface area contributed by atoms with Crippen LogP contribution in [0.25, 0.3) is 16.7 Å². The molecule has 0 spiro atoms. The highest BCUT2D eigenvalue weighted by molar-refractivity contribution is 5.76. The maximum Gasteiger partial charge on any atom is 0.278 e. The zero-order chi connectivity index (χ0) is 15.9. The van der Waals surface area contributed by atoms with Crippen molar-refractivity contribution in [3.05, 3.63) is 46.4 Å². The Morgan fingerprint density at radius 2 is 2.27 bits per heavy atom. The monoisotopic (exact) mass is 294 g/mol. The molecule has 0 aliphatic rings. The lowest BCUT2D eigenvalue weighted by atomic mass is 10.1. The SMILES string of the molecule is CC[C@H](C)[n+]1c(N)c(C#N)cc2c(=O)n3ccccc3nc21. The first kappa shape index (κ1) is 14.0. The van der Waals surface area contributed by atoms with E-state index in [4.69, 9.17) is 5.73 Å². The molecule has 3 aromatic heterocycles. The first-order valence-electron chi connectivity index (χ1n) is 7.13. The van der Waals surface area contributed by atoms with Crippen molar-refractivity contribution in [1.82, 2.24) is 9.38 Å². The van der Waals surface area contributed by atoms with Gasteiger partial charge in [-0.3, -0.25) is 9.20 Å². The van der Waals surface area contributed by atoms with Crippen LogP contribution in [0.3, 0.4) is 0 Å². The number of nitrogens with two attached hydrogens (primary N) is 1. The van der Waals surface area contributed by atoms with E-state index < -0.39 is 0 Å². The predicted molar refractivity (Wildman–Crippen MR) is 83.3 cm³/mol. The maximum absolute atomic E-state index is 12.7. The number of hydrogen-bond acceptors (Lipinski definition) is 4. The molecule has 0 fully saturated rings. The molecular formula is C16H16N5O+. The summed E-state index contributed by atoms with van der Waals surface area (Å²) in [5.74, 6) is 0.344. The van der Waals surface area contributed by atoms with E-state index in [9.17, 15) is 10.1 Å². The Morgan fingerprint density at radius 1 is 1.50 bits per heavy atom. The van der Waals surface area contributed by atoms with Crippen LogP contribution in [-0.2, 0) is 0 Å². The topological polar surface area (TPSA) is 88.1 Å². The molecule has 0 saturated carbocycles. The van der Waals surface area contributed by atoms with Gasteiger partial charge in [0.1, 0.15) is 17.0 Å². The number of pyridine rings is 2. The third-order valence-electron chi connectivity index (χ3n) is 3.95. The van der Waals surface area contributed by atoms with Crippen LogP contribution in [0.4, 0.5) is 5.82 Å². The maximum atomic E-state index is 12.7. The zero-order valence-corrected chi connectivity index (χ0v) is 12.4. The Morgan fingerprint density at radius 3 is 2.95 bits per heavy atom. The first-order chi connectivity index (χ1) is 10.6. The van der Waals surface area contributed by atoms with Crippen molar-refractivity contribution in [3.63, 3.8) is 0 Å². The smallest absolute Gasteiger partial charge is 0.278 e. The summed E-state index contributed by atoms with van der Waals surface area (Å²) in [5.41, 5.74) is 7.29. The largest absolute Gasteiger partial charge is 0.317 e. The zero-order valence-electron chi connectivity index (χ0n) is 12.4. The van der Waals surface area contributed by atoms with E-state index in [0.717, 1.165) is 6.42 Å². The fraction of sp³-hybridized carbons (Fsp3) is 0.250. The standard InChI is InChI=1S/C16H15N5O/c1-3-10(2)21-14(18)11(9-17)8-12-15(21)19-13-6-4-5-7-20(13)16(12)22/h4-8,10,18H,3H2,1-2H3/p+1/t10-/m0/s1. The van der Waals surface area contributed by atoms with Crippen molar-refractivity contribution in [2.24, 2.45) is 0 Å². The van der Waals surface area contributed by atoms with E-state index in [0.29, 0.717) is 28.1 Å². The van der Waals surface area contributed by atoms with Gasteiger partial charge in [0.25, 0.3) is 11.2 Å². The third kappa shape index (κ3) is 1.91. The molecule has 0 aliphatic carbocycles. The molecule has 0 bridgehead atoms. The van der Waals surface area contributed by atoms with E-state index in [1.54, 1.807) is 22.9 Å². The van der Waals surface area contributed by atoms with Gasteiger partial charge in [-0.15, -0.1) is 0 Å². The summed E-state index contributed by atoms with van der Waals surface area (Å²) in [4.78, 5) is 17.3. The first-order valence-corrected chi connectivity index (χ1v) is 7.13. The van der Waals surface area contributed by atoms with Crippen LogP contribution in [0.2, 0.25) is 0 Å². The Kier molecular flexibility index (Phi) is 3.26. The number of fused-ring (bicyclic) bond motifs is 2. The molecule has 0 amide bonds. The number of nitriles is 1. The second kappa shape index (κ2) is 5.11. The number of hydrogen-bond donors (Lipinski definition) is 1. The molecule has 0 aromatic carbocycles. The van der Waals surface area contributed by atoms with E-state index in [1.165, 1.54) is 10.5 Å². The summed E-state index contributed by atoms with van der Waals surface area (Å²) in [5, 5.41) is 9.69. The summed E-state index contributed by atoms with van der Waals surface area (Å²) in [6.45, 7) is 4.02. The molecule has 3 aromatic rings. The number of nitrogens with zero attached hydrogens (tertiary/aromatic N) is 4. The van der Waals surface area contributed by atoms with E-state index in [1.807, 2.05) is 19.9 Å². The second-order valence-corrected chi connectivity index (χ2v) is 5.27. The minimum Gasteiger partial charge on any atom is -0.317 e. The van der Waals surface area contributed by atoms with Crippen LogP contribution in [0.15, 0.2) is 35.3 Å². The van der Waals surface area contributed by atoms with Gasteiger partial charge < -0.3 is 5.73 Å². The Labute approximate surface area is 127 Å².